The summed E-state index contributed by atoms with van der Waals surface area (Å²) in [6, 6.07) is 15.5. The van der Waals surface area contributed by atoms with E-state index in [9.17, 15) is 5.26 Å². The van der Waals surface area contributed by atoms with E-state index in [0.717, 1.165) is 11.3 Å². The average molecular weight is 266 g/mol. The summed E-state index contributed by atoms with van der Waals surface area (Å²) in [6.07, 6.45) is 0. The lowest BCUT2D eigenvalue weighted by atomic mass is 10.0. The van der Waals surface area contributed by atoms with Crippen molar-refractivity contribution < 1.29 is 4.74 Å². The summed E-state index contributed by atoms with van der Waals surface area (Å²) in [5, 5.41) is 9.19. The van der Waals surface area contributed by atoms with Crippen LogP contribution in [0.3, 0.4) is 0 Å². The van der Waals surface area contributed by atoms with Crippen LogP contribution in [0.4, 0.5) is 0 Å². The van der Waals surface area contributed by atoms with Gasteiger partial charge in [-0.3, -0.25) is 0 Å². The van der Waals surface area contributed by atoms with Crippen molar-refractivity contribution in [3.05, 3.63) is 59.2 Å². The molecular formula is C17H18N2O. The zero-order valence-electron chi connectivity index (χ0n) is 11.8. The Morgan fingerprint density at radius 1 is 1.20 bits per heavy atom. The molecule has 0 heterocycles. The highest BCUT2D eigenvalue weighted by molar-refractivity contribution is 5.47. The number of hydrogen-bond acceptors (Lipinski definition) is 3. The maximum atomic E-state index is 9.19. The Kier molecular flexibility index (Phi) is 4.39. The molecular weight excluding hydrogens is 248 g/mol. The largest absolute Gasteiger partial charge is 0.456 e. The first-order valence-corrected chi connectivity index (χ1v) is 6.65. The molecule has 0 spiro atoms. The van der Waals surface area contributed by atoms with Crippen molar-refractivity contribution in [1.82, 2.24) is 0 Å². The molecule has 2 aromatic rings. The Bertz CT molecular complexity index is 642. The quantitative estimate of drug-likeness (QED) is 0.912. The van der Waals surface area contributed by atoms with Gasteiger partial charge in [-0.1, -0.05) is 32.0 Å². The Morgan fingerprint density at radius 3 is 2.65 bits per heavy atom. The maximum Gasteiger partial charge on any atom is 0.145 e. The molecule has 0 atom stereocenters. The fraction of sp³-hybridized carbons (Fsp3) is 0.235. The summed E-state index contributed by atoms with van der Waals surface area (Å²) < 4.78 is 5.83. The van der Waals surface area contributed by atoms with Crippen LogP contribution < -0.4 is 10.5 Å². The van der Waals surface area contributed by atoms with Crippen molar-refractivity contribution in [3.8, 4) is 17.6 Å². The van der Waals surface area contributed by atoms with Crippen LogP contribution in [0.1, 0.15) is 36.5 Å². The van der Waals surface area contributed by atoms with E-state index in [4.69, 9.17) is 10.5 Å². The van der Waals surface area contributed by atoms with Crippen molar-refractivity contribution in [2.24, 2.45) is 5.73 Å². The highest BCUT2D eigenvalue weighted by Gasteiger charge is 2.07. The van der Waals surface area contributed by atoms with Crippen molar-refractivity contribution in [2.75, 3.05) is 0 Å². The summed E-state index contributed by atoms with van der Waals surface area (Å²) in [4.78, 5) is 0. The first kappa shape index (κ1) is 14.1. The second kappa shape index (κ2) is 6.23. The standard InChI is InChI=1S/C17H18N2O/c1-12(2)14-4-3-5-16(9-14)20-17-7-6-13(10-18)8-15(17)11-19/h3-9,12H,10,18H2,1-2H3. The molecule has 0 fully saturated rings. The Morgan fingerprint density at radius 2 is 2.00 bits per heavy atom. The molecule has 0 unspecified atom stereocenters. The fourth-order valence-electron chi connectivity index (χ4n) is 1.94. The molecule has 0 aliphatic heterocycles. The van der Waals surface area contributed by atoms with Gasteiger partial charge in [-0.2, -0.15) is 5.26 Å². The number of nitrogens with two attached hydrogens (primary N) is 1. The van der Waals surface area contributed by atoms with Gasteiger partial charge in [-0.05, 0) is 41.3 Å². The van der Waals surface area contributed by atoms with Crippen LogP contribution in [0, 0.1) is 11.3 Å². The normalized spacial score (nSPS) is 10.3. The fourth-order valence-corrected chi connectivity index (χ4v) is 1.94. The Hall–Kier alpha value is -2.31. The molecule has 0 aliphatic rings. The molecule has 0 amide bonds. The topological polar surface area (TPSA) is 59.0 Å². The van der Waals surface area contributed by atoms with Crippen molar-refractivity contribution in [3.63, 3.8) is 0 Å². The summed E-state index contributed by atoms with van der Waals surface area (Å²) in [6.45, 7) is 4.68. The van der Waals surface area contributed by atoms with Gasteiger partial charge in [0.2, 0.25) is 0 Å². The number of ether oxygens (including phenoxy) is 1. The highest BCUT2D eigenvalue weighted by Crippen LogP contribution is 2.28. The van der Waals surface area contributed by atoms with Crippen LogP contribution in [0.5, 0.6) is 11.5 Å². The summed E-state index contributed by atoms with van der Waals surface area (Å²) in [7, 11) is 0. The maximum absolute atomic E-state index is 9.19. The summed E-state index contributed by atoms with van der Waals surface area (Å²) >= 11 is 0. The van der Waals surface area contributed by atoms with E-state index >= 15 is 0 Å². The number of nitrogens with zero attached hydrogens (tertiary/aromatic N) is 1. The monoisotopic (exact) mass is 266 g/mol. The van der Waals surface area contributed by atoms with E-state index in [-0.39, 0.29) is 0 Å². The molecule has 102 valence electrons. The van der Waals surface area contributed by atoms with E-state index in [1.165, 1.54) is 5.56 Å². The number of benzene rings is 2. The lowest BCUT2D eigenvalue weighted by Gasteiger charge is -2.11. The van der Waals surface area contributed by atoms with Crippen LogP contribution in [-0.4, -0.2) is 0 Å². The lowest BCUT2D eigenvalue weighted by Crippen LogP contribution is -1.98. The van der Waals surface area contributed by atoms with Crippen molar-refractivity contribution in [1.29, 1.82) is 5.26 Å². The van der Waals surface area contributed by atoms with Crippen LogP contribution in [0.15, 0.2) is 42.5 Å². The second-order valence-electron chi connectivity index (χ2n) is 4.98. The van der Waals surface area contributed by atoms with Gasteiger partial charge in [0.15, 0.2) is 0 Å². The summed E-state index contributed by atoms with van der Waals surface area (Å²) in [5.74, 6) is 1.74. The summed E-state index contributed by atoms with van der Waals surface area (Å²) in [5.41, 5.74) is 8.21. The van der Waals surface area contributed by atoms with Gasteiger partial charge in [0.1, 0.15) is 17.6 Å². The SMILES string of the molecule is CC(C)c1cccc(Oc2ccc(CN)cc2C#N)c1. The molecule has 0 saturated carbocycles. The van der Waals surface area contributed by atoms with E-state index in [2.05, 4.69) is 26.0 Å². The van der Waals surface area contributed by atoms with Gasteiger partial charge >= 0.3 is 0 Å². The predicted octanol–water partition coefficient (Wildman–Crippen LogP) is 3.93. The Balaban J connectivity index is 2.30. The third-order valence-corrected chi connectivity index (χ3v) is 3.15. The van der Waals surface area contributed by atoms with Crippen LogP contribution >= 0.6 is 0 Å². The minimum absolute atomic E-state index is 0.414. The highest BCUT2D eigenvalue weighted by atomic mass is 16.5. The Labute approximate surface area is 119 Å². The third kappa shape index (κ3) is 3.17. The molecule has 3 nitrogen and oxygen atoms in total. The van der Waals surface area contributed by atoms with Crippen LogP contribution in [0.25, 0.3) is 0 Å². The average Bonchev–Trinajstić information content (AvgIpc) is 2.48. The van der Waals surface area contributed by atoms with Gasteiger partial charge in [0.25, 0.3) is 0 Å². The van der Waals surface area contributed by atoms with E-state index in [0.29, 0.717) is 23.8 Å². The molecule has 0 bridgehead atoms. The smallest absolute Gasteiger partial charge is 0.145 e. The molecule has 2 N–H and O–H groups in total. The number of hydrogen-bond donors (Lipinski definition) is 1. The van der Waals surface area contributed by atoms with E-state index in [1.807, 2.05) is 24.3 Å². The number of rotatable bonds is 4. The van der Waals surface area contributed by atoms with Gasteiger partial charge in [-0.15, -0.1) is 0 Å². The molecule has 3 heteroatoms. The molecule has 0 aromatic heterocycles. The van der Waals surface area contributed by atoms with Crippen LogP contribution in [0.2, 0.25) is 0 Å². The molecule has 2 aromatic carbocycles. The van der Waals surface area contributed by atoms with Gasteiger partial charge in [-0.25, -0.2) is 0 Å². The lowest BCUT2D eigenvalue weighted by molar-refractivity contribution is 0.479. The van der Waals surface area contributed by atoms with Gasteiger partial charge < -0.3 is 10.5 Å². The first-order chi connectivity index (χ1) is 9.63. The van der Waals surface area contributed by atoms with Crippen molar-refractivity contribution >= 4 is 0 Å². The second-order valence-corrected chi connectivity index (χ2v) is 4.98. The molecule has 0 aliphatic carbocycles. The first-order valence-electron chi connectivity index (χ1n) is 6.65. The molecule has 2 rings (SSSR count). The predicted molar refractivity (Wildman–Crippen MR) is 79.7 cm³/mol. The zero-order chi connectivity index (χ0) is 14.5. The van der Waals surface area contributed by atoms with Gasteiger partial charge in [0, 0.05) is 6.54 Å². The van der Waals surface area contributed by atoms with E-state index < -0.39 is 0 Å². The zero-order valence-corrected chi connectivity index (χ0v) is 11.8. The van der Waals surface area contributed by atoms with Crippen molar-refractivity contribution in [2.45, 2.75) is 26.3 Å². The third-order valence-electron chi connectivity index (χ3n) is 3.15. The van der Waals surface area contributed by atoms with E-state index in [1.54, 1.807) is 12.1 Å². The minimum atomic E-state index is 0.414. The molecule has 20 heavy (non-hydrogen) atoms. The van der Waals surface area contributed by atoms with Gasteiger partial charge in [0.05, 0.1) is 5.56 Å². The molecule has 0 radical (unpaired) electrons. The minimum Gasteiger partial charge on any atom is -0.456 e. The van der Waals surface area contributed by atoms with Crippen LogP contribution in [-0.2, 0) is 6.54 Å². The number of nitriles is 1. The molecule has 0 saturated heterocycles.